The second-order valence-corrected chi connectivity index (χ2v) is 4.95. The number of rotatable bonds is 4. The maximum atomic E-state index is 12.0. The molecule has 1 saturated carbocycles. The quantitative estimate of drug-likeness (QED) is 0.790. The maximum absolute atomic E-state index is 12.0. The van der Waals surface area contributed by atoms with Crippen LogP contribution < -0.4 is 5.73 Å². The van der Waals surface area contributed by atoms with Gasteiger partial charge in [0.15, 0.2) is 11.9 Å². The Hall–Kier alpha value is -2.12. The van der Waals surface area contributed by atoms with E-state index < -0.39 is 18.0 Å². The number of carbonyl (C=O) groups is 2. The molecular weight excluding hydrogens is 264 g/mol. The Kier molecular flexibility index (Phi) is 4.21. The van der Waals surface area contributed by atoms with Gasteiger partial charge in [0, 0.05) is 0 Å². The van der Waals surface area contributed by atoms with Crippen LogP contribution >= 0.6 is 0 Å². The largest absolute Gasteiger partial charge is 0.480 e. The van der Waals surface area contributed by atoms with Crippen LogP contribution in [-0.4, -0.2) is 38.1 Å². The molecule has 1 fully saturated rings. The molecule has 0 aromatic carbocycles. The van der Waals surface area contributed by atoms with Crippen molar-refractivity contribution >= 4 is 17.8 Å². The molecule has 0 bridgehead atoms. The standard InChI is InChI=1S/C12H18N4O4/c1-7(11(17)18)16-10(13)9(14-15-16)12(19)20-8-5-3-2-4-6-8/h7-8H,2-6,13H2,1H3,(H,17,18). The van der Waals surface area contributed by atoms with Gasteiger partial charge in [0.1, 0.15) is 6.10 Å². The topological polar surface area (TPSA) is 120 Å². The summed E-state index contributed by atoms with van der Waals surface area (Å²) in [7, 11) is 0. The number of aliphatic carboxylic acids is 1. The summed E-state index contributed by atoms with van der Waals surface area (Å²) in [5.41, 5.74) is 5.60. The number of aromatic nitrogens is 3. The molecule has 0 aliphatic heterocycles. The van der Waals surface area contributed by atoms with E-state index in [-0.39, 0.29) is 17.6 Å². The molecule has 0 radical (unpaired) electrons. The first kappa shape index (κ1) is 14.3. The average Bonchev–Trinajstić information content (AvgIpc) is 2.80. The number of carbonyl (C=O) groups excluding carboxylic acids is 1. The van der Waals surface area contributed by atoms with Gasteiger partial charge >= 0.3 is 11.9 Å². The van der Waals surface area contributed by atoms with Crippen molar-refractivity contribution in [1.29, 1.82) is 0 Å². The number of anilines is 1. The van der Waals surface area contributed by atoms with Crippen LogP contribution in [0.2, 0.25) is 0 Å². The fourth-order valence-electron chi connectivity index (χ4n) is 2.23. The van der Waals surface area contributed by atoms with Crippen molar-refractivity contribution in [2.24, 2.45) is 0 Å². The SMILES string of the molecule is CC(C(=O)O)n1nnc(C(=O)OC2CCCCC2)c1N. The van der Waals surface area contributed by atoms with Gasteiger partial charge in [0.25, 0.3) is 0 Å². The van der Waals surface area contributed by atoms with Gasteiger partial charge in [-0.3, -0.25) is 0 Å². The lowest BCUT2D eigenvalue weighted by Crippen LogP contribution is -2.22. The van der Waals surface area contributed by atoms with E-state index >= 15 is 0 Å². The molecule has 20 heavy (non-hydrogen) atoms. The van der Waals surface area contributed by atoms with E-state index in [9.17, 15) is 9.59 Å². The molecule has 3 N–H and O–H groups in total. The normalized spacial score (nSPS) is 17.6. The summed E-state index contributed by atoms with van der Waals surface area (Å²) in [6, 6.07) is -0.987. The van der Waals surface area contributed by atoms with Gasteiger partial charge in [0.2, 0.25) is 5.69 Å². The van der Waals surface area contributed by atoms with Crippen molar-refractivity contribution in [3.8, 4) is 0 Å². The molecule has 1 heterocycles. The highest BCUT2D eigenvalue weighted by molar-refractivity contribution is 5.92. The van der Waals surface area contributed by atoms with Crippen molar-refractivity contribution < 1.29 is 19.4 Å². The number of nitrogens with two attached hydrogens (primary N) is 1. The molecule has 1 aromatic heterocycles. The van der Waals surface area contributed by atoms with Gasteiger partial charge in [-0.25, -0.2) is 14.3 Å². The molecule has 0 amide bonds. The van der Waals surface area contributed by atoms with Gasteiger partial charge in [-0.1, -0.05) is 11.6 Å². The lowest BCUT2D eigenvalue weighted by molar-refractivity contribution is -0.140. The van der Waals surface area contributed by atoms with Crippen LogP contribution in [0.5, 0.6) is 0 Å². The van der Waals surface area contributed by atoms with Crippen LogP contribution in [0.15, 0.2) is 0 Å². The first-order valence-corrected chi connectivity index (χ1v) is 6.65. The van der Waals surface area contributed by atoms with Gasteiger partial charge in [-0.15, -0.1) is 5.10 Å². The summed E-state index contributed by atoms with van der Waals surface area (Å²) in [6.45, 7) is 1.41. The lowest BCUT2D eigenvalue weighted by atomic mass is 9.98. The van der Waals surface area contributed by atoms with Crippen LogP contribution in [-0.2, 0) is 9.53 Å². The molecule has 8 heteroatoms. The number of nitrogens with zero attached hydrogens (tertiary/aromatic N) is 3. The summed E-state index contributed by atoms with van der Waals surface area (Å²) < 4.78 is 6.33. The molecule has 1 aliphatic carbocycles. The molecule has 1 aromatic rings. The third-order valence-corrected chi connectivity index (χ3v) is 3.47. The van der Waals surface area contributed by atoms with E-state index in [4.69, 9.17) is 15.6 Å². The van der Waals surface area contributed by atoms with E-state index in [1.54, 1.807) is 0 Å². The van der Waals surface area contributed by atoms with E-state index in [1.165, 1.54) is 6.92 Å². The van der Waals surface area contributed by atoms with Crippen LogP contribution in [0.4, 0.5) is 5.82 Å². The second kappa shape index (κ2) is 5.89. The van der Waals surface area contributed by atoms with Crippen molar-refractivity contribution in [2.45, 2.75) is 51.2 Å². The monoisotopic (exact) mass is 282 g/mol. The third-order valence-electron chi connectivity index (χ3n) is 3.47. The van der Waals surface area contributed by atoms with E-state index in [0.29, 0.717) is 0 Å². The highest BCUT2D eigenvalue weighted by atomic mass is 16.5. The summed E-state index contributed by atoms with van der Waals surface area (Å²) in [5.74, 6) is -1.83. The summed E-state index contributed by atoms with van der Waals surface area (Å²) in [4.78, 5) is 22.9. The van der Waals surface area contributed by atoms with Crippen molar-refractivity contribution in [2.75, 3.05) is 5.73 Å². The number of carboxylic acid groups (broad SMARTS) is 1. The highest BCUT2D eigenvalue weighted by Crippen LogP contribution is 2.22. The van der Waals surface area contributed by atoms with Gasteiger partial charge in [-0.2, -0.15) is 0 Å². The fourth-order valence-corrected chi connectivity index (χ4v) is 2.23. The van der Waals surface area contributed by atoms with Crippen LogP contribution in [0.3, 0.4) is 0 Å². The summed E-state index contributed by atoms with van der Waals surface area (Å²) in [6.07, 6.45) is 4.79. The molecule has 1 unspecified atom stereocenters. The Bertz CT molecular complexity index is 508. The summed E-state index contributed by atoms with van der Waals surface area (Å²) >= 11 is 0. The lowest BCUT2D eigenvalue weighted by Gasteiger charge is -2.21. The summed E-state index contributed by atoms with van der Waals surface area (Å²) in [5, 5.41) is 16.2. The van der Waals surface area contributed by atoms with Crippen molar-refractivity contribution in [3.05, 3.63) is 5.69 Å². The molecule has 0 saturated heterocycles. The van der Waals surface area contributed by atoms with Gasteiger partial charge in [-0.05, 0) is 32.6 Å². The molecule has 0 spiro atoms. The predicted molar refractivity (Wildman–Crippen MR) is 69.1 cm³/mol. The molecule has 2 rings (SSSR count). The fraction of sp³-hybridized carbons (Fsp3) is 0.667. The number of esters is 1. The number of hydrogen-bond acceptors (Lipinski definition) is 6. The highest BCUT2D eigenvalue weighted by Gasteiger charge is 2.26. The molecular formula is C12H18N4O4. The van der Waals surface area contributed by atoms with Crippen molar-refractivity contribution in [1.82, 2.24) is 15.0 Å². The number of ether oxygens (including phenoxy) is 1. The second-order valence-electron chi connectivity index (χ2n) is 4.95. The number of nitrogen functional groups attached to an aromatic ring is 1. The predicted octanol–water partition coefficient (Wildman–Crippen LogP) is 0.995. The van der Waals surface area contributed by atoms with Crippen molar-refractivity contribution in [3.63, 3.8) is 0 Å². The smallest absolute Gasteiger partial charge is 0.363 e. The Labute approximate surface area is 115 Å². The van der Waals surface area contributed by atoms with Gasteiger partial charge < -0.3 is 15.6 Å². The Morgan fingerprint density at radius 3 is 2.65 bits per heavy atom. The molecule has 1 aliphatic rings. The number of hydrogen-bond donors (Lipinski definition) is 2. The van der Waals surface area contributed by atoms with E-state index in [0.717, 1.165) is 36.8 Å². The number of carboxylic acids is 1. The average molecular weight is 282 g/mol. The molecule has 8 nitrogen and oxygen atoms in total. The molecule has 1 atom stereocenters. The zero-order valence-corrected chi connectivity index (χ0v) is 11.3. The minimum absolute atomic E-state index is 0.0827. The minimum Gasteiger partial charge on any atom is -0.480 e. The first-order chi connectivity index (χ1) is 9.50. The van der Waals surface area contributed by atoms with Crippen LogP contribution in [0.25, 0.3) is 0 Å². The third kappa shape index (κ3) is 2.89. The van der Waals surface area contributed by atoms with E-state index in [1.807, 2.05) is 0 Å². The van der Waals surface area contributed by atoms with Crippen LogP contribution in [0, 0.1) is 0 Å². The first-order valence-electron chi connectivity index (χ1n) is 6.65. The Balaban J connectivity index is 2.08. The van der Waals surface area contributed by atoms with Crippen LogP contribution in [0.1, 0.15) is 55.6 Å². The maximum Gasteiger partial charge on any atom is 0.363 e. The zero-order valence-electron chi connectivity index (χ0n) is 11.3. The van der Waals surface area contributed by atoms with Gasteiger partial charge in [0.05, 0.1) is 0 Å². The van der Waals surface area contributed by atoms with E-state index in [2.05, 4.69) is 10.3 Å². The molecule has 110 valence electrons. The Morgan fingerprint density at radius 1 is 1.40 bits per heavy atom. The Morgan fingerprint density at radius 2 is 2.05 bits per heavy atom. The minimum atomic E-state index is -1.10. The zero-order chi connectivity index (χ0) is 14.7.